The van der Waals surface area contributed by atoms with E-state index in [1.54, 1.807) is 25.8 Å². The molecule has 0 aromatic carbocycles. The number of nitrogens with zero attached hydrogens (tertiary/aromatic N) is 2. The third kappa shape index (κ3) is 6.04. The first kappa shape index (κ1) is 22.9. The summed E-state index contributed by atoms with van der Waals surface area (Å²) in [6.07, 6.45) is 4.53. The van der Waals surface area contributed by atoms with Gasteiger partial charge in [0.2, 0.25) is 11.8 Å². The summed E-state index contributed by atoms with van der Waals surface area (Å²) in [5.74, 6) is 0.387. The number of carboxylic acid groups (broad SMARTS) is 1. The topological polar surface area (TPSA) is 95.0 Å². The van der Waals surface area contributed by atoms with E-state index in [0.29, 0.717) is 19.0 Å². The number of carbonyl (C=O) groups excluding carboxylic acids is 3. The van der Waals surface area contributed by atoms with Gasteiger partial charge in [-0.05, 0) is 71.2 Å². The summed E-state index contributed by atoms with van der Waals surface area (Å²) in [7, 11) is 1.77. The van der Waals surface area contributed by atoms with Crippen LogP contribution < -0.4 is 0 Å². The highest BCUT2D eigenvalue weighted by atomic mass is 32.2. The van der Waals surface area contributed by atoms with Crippen LogP contribution in [0.2, 0.25) is 0 Å². The molecule has 0 radical (unpaired) electrons. The average Bonchev–Trinajstić information content (AvgIpc) is 2.92. The Morgan fingerprint density at radius 3 is 2.46 bits per heavy atom. The van der Waals surface area contributed by atoms with E-state index in [1.165, 1.54) is 16.7 Å². The van der Waals surface area contributed by atoms with Crippen molar-refractivity contribution in [3.63, 3.8) is 0 Å². The van der Waals surface area contributed by atoms with Crippen LogP contribution in [0.4, 0.5) is 0 Å². The lowest BCUT2D eigenvalue weighted by molar-refractivity contribution is -0.142. The molecule has 2 rings (SSSR count). The van der Waals surface area contributed by atoms with E-state index in [2.05, 4.69) is 0 Å². The van der Waals surface area contributed by atoms with Crippen LogP contribution in [-0.2, 0) is 19.2 Å². The number of hydrogen-bond acceptors (Lipinski definition) is 6. The molecule has 158 valence electrons. The van der Waals surface area contributed by atoms with Gasteiger partial charge in [0.1, 0.15) is 11.8 Å². The second kappa shape index (κ2) is 10.4. The summed E-state index contributed by atoms with van der Waals surface area (Å²) in [6, 6.07) is -0.534. The maximum absolute atomic E-state index is 12.6. The zero-order valence-electron chi connectivity index (χ0n) is 17.1. The number of imide groups is 1. The van der Waals surface area contributed by atoms with Gasteiger partial charge in [0.25, 0.3) is 0 Å². The normalized spacial score (nSPS) is 26.7. The van der Waals surface area contributed by atoms with Crippen molar-refractivity contribution in [2.75, 3.05) is 25.9 Å². The van der Waals surface area contributed by atoms with Crippen LogP contribution in [0.5, 0.6) is 0 Å². The Morgan fingerprint density at radius 1 is 1.25 bits per heavy atom. The molecule has 0 bridgehead atoms. The van der Waals surface area contributed by atoms with Crippen molar-refractivity contribution in [1.82, 2.24) is 9.80 Å². The molecule has 7 nitrogen and oxygen atoms in total. The van der Waals surface area contributed by atoms with Gasteiger partial charge in [-0.3, -0.25) is 29.0 Å². The van der Waals surface area contributed by atoms with E-state index in [4.69, 9.17) is 5.11 Å². The summed E-state index contributed by atoms with van der Waals surface area (Å²) < 4.78 is 0. The highest BCUT2D eigenvalue weighted by Gasteiger charge is 2.40. The Bertz CT molecular complexity index is 603. The summed E-state index contributed by atoms with van der Waals surface area (Å²) in [5, 5.41) is 8.68. The molecule has 2 aliphatic rings. The number of hydrogen-bond donors (Lipinski definition) is 1. The molecule has 2 atom stereocenters. The molecule has 1 saturated heterocycles. The number of Topliss-reactive ketones (excluding diaryl/α,β-unsaturated/α-hetero) is 1. The molecule has 2 unspecified atom stereocenters. The SMILES string of the molecule is CC(=O)C1CCC(CN2C(=O)CC(SCCCN(C)C(C)C(=O)O)C2=O)CC1. The largest absolute Gasteiger partial charge is 0.480 e. The summed E-state index contributed by atoms with van der Waals surface area (Å²) in [4.78, 5) is 50.6. The van der Waals surface area contributed by atoms with Crippen LogP contribution >= 0.6 is 11.8 Å². The molecule has 8 heteroatoms. The van der Waals surface area contributed by atoms with Crippen molar-refractivity contribution in [1.29, 1.82) is 0 Å². The van der Waals surface area contributed by atoms with Crippen molar-refractivity contribution >= 4 is 35.3 Å². The molecule has 2 amide bonds. The molecule has 1 aliphatic carbocycles. The summed E-state index contributed by atoms with van der Waals surface area (Å²) >= 11 is 1.50. The summed E-state index contributed by atoms with van der Waals surface area (Å²) in [6.45, 7) is 4.41. The number of likely N-dealkylation sites (tertiary alicyclic amines) is 1. The van der Waals surface area contributed by atoms with Gasteiger partial charge in [0.15, 0.2) is 0 Å². The number of likely N-dealkylation sites (N-methyl/N-ethyl adjacent to an activating group) is 1. The molecule has 0 spiro atoms. The monoisotopic (exact) mass is 412 g/mol. The predicted octanol–water partition coefficient (Wildman–Crippen LogP) is 2.04. The summed E-state index contributed by atoms with van der Waals surface area (Å²) in [5.41, 5.74) is 0. The highest BCUT2D eigenvalue weighted by molar-refractivity contribution is 8.00. The first-order chi connectivity index (χ1) is 13.2. The van der Waals surface area contributed by atoms with Gasteiger partial charge in [-0.2, -0.15) is 0 Å². The van der Waals surface area contributed by atoms with Crippen molar-refractivity contribution in [3.05, 3.63) is 0 Å². The molecular formula is C20H32N2O5S. The number of rotatable bonds is 10. The number of ketones is 1. The van der Waals surface area contributed by atoms with E-state index >= 15 is 0 Å². The van der Waals surface area contributed by atoms with Gasteiger partial charge >= 0.3 is 5.97 Å². The fourth-order valence-corrected chi connectivity index (χ4v) is 5.02. The molecule has 0 aromatic heterocycles. The van der Waals surface area contributed by atoms with Crippen molar-refractivity contribution in [2.24, 2.45) is 11.8 Å². The maximum Gasteiger partial charge on any atom is 0.320 e. The van der Waals surface area contributed by atoms with Gasteiger partial charge in [-0.25, -0.2) is 0 Å². The lowest BCUT2D eigenvalue weighted by atomic mass is 9.80. The Balaban J connectivity index is 1.73. The minimum Gasteiger partial charge on any atom is -0.480 e. The molecule has 1 aliphatic heterocycles. The number of amides is 2. The Morgan fingerprint density at radius 2 is 1.89 bits per heavy atom. The van der Waals surface area contributed by atoms with Crippen LogP contribution in [0.25, 0.3) is 0 Å². The van der Waals surface area contributed by atoms with Crippen LogP contribution in [0.3, 0.4) is 0 Å². The molecule has 0 aromatic rings. The van der Waals surface area contributed by atoms with Gasteiger partial charge in [-0.1, -0.05) is 0 Å². The third-order valence-corrected chi connectivity index (χ3v) is 7.35. The fourth-order valence-electron chi connectivity index (χ4n) is 3.91. The van der Waals surface area contributed by atoms with Crippen LogP contribution in [0, 0.1) is 11.8 Å². The van der Waals surface area contributed by atoms with Gasteiger partial charge < -0.3 is 5.11 Å². The Labute approximate surface area is 171 Å². The zero-order valence-corrected chi connectivity index (χ0v) is 17.9. The number of carboxylic acids is 1. The van der Waals surface area contributed by atoms with Crippen LogP contribution in [-0.4, -0.2) is 75.7 Å². The molecule has 2 fully saturated rings. The van der Waals surface area contributed by atoms with Crippen molar-refractivity contribution in [2.45, 2.75) is 63.7 Å². The first-order valence-corrected chi connectivity index (χ1v) is 11.1. The molecule has 1 N–H and O–H groups in total. The molecule has 1 saturated carbocycles. The number of thioether (sulfide) groups is 1. The van der Waals surface area contributed by atoms with Crippen molar-refractivity contribution < 1.29 is 24.3 Å². The average molecular weight is 413 g/mol. The smallest absolute Gasteiger partial charge is 0.320 e. The van der Waals surface area contributed by atoms with E-state index in [-0.39, 0.29) is 35.2 Å². The van der Waals surface area contributed by atoms with E-state index < -0.39 is 12.0 Å². The number of aliphatic carboxylic acids is 1. The lowest BCUT2D eigenvalue weighted by Gasteiger charge is -2.29. The van der Waals surface area contributed by atoms with Crippen LogP contribution in [0.15, 0.2) is 0 Å². The second-order valence-corrected chi connectivity index (χ2v) is 9.39. The van der Waals surface area contributed by atoms with Crippen LogP contribution in [0.1, 0.15) is 52.4 Å². The lowest BCUT2D eigenvalue weighted by Crippen LogP contribution is -2.37. The predicted molar refractivity (Wildman–Crippen MR) is 108 cm³/mol. The fraction of sp³-hybridized carbons (Fsp3) is 0.800. The Hall–Kier alpha value is -1.41. The minimum absolute atomic E-state index is 0.0871. The molecule has 1 heterocycles. The Kier molecular flexibility index (Phi) is 8.49. The molecular weight excluding hydrogens is 380 g/mol. The highest BCUT2D eigenvalue weighted by Crippen LogP contribution is 2.32. The van der Waals surface area contributed by atoms with Gasteiger partial charge in [-0.15, -0.1) is 11.8 Å². The minimum atomic E-state index is -0.848. The van der Waals surface area contributed by atoms with Crippen molar-refractivity contribution in [3.8, 4) is 0 Å². The first-order valence-electron chi connectivity index (χ1n) is 10.1. The van der Waals surface area contributed by atoms with E-state index in [1.807, 2.05) is 0 Å². The van der Waals surface area contributed by atoms with E-state index in [0.717, 1.165) is 37.9 Å². The van der Waals surface area contributed by atoms with E-state index in [9.17, 15) is 19.2 Å². The van der Waals surface area contributed by atoms with Gasteiger partial charge in [0, 0.05) is 18.9 Å². The standard InChI is InChI=1S/C20H32N2O5S/c1-13(20(26)27)21(3)9-4-10-28-17-11-18(24)22(19(17)25)12-15-5-7-16(8-6-15)14(2)23/h13,15-17H,4-12H2,1-3H3,(H,26,27). The quantitative estimate of drug-likeness (QED) is 0.433. The number of carbonyl (C=O) groups is 4. The second-order valence-electron chi connectivity index (χ2n) is 8.08. The molecule has 28 heavy (non-hydrogen) atoms. The maximum atomic E-state index is 12.6. The van der Waals surface area contributed by atoms with Gasteiger partial charge in [0.05, 0.1) is 5.25 Å². The zero-order chi connectivity index (χ0) is 20.8. The third-order valence-electron chi connectivity index (χ3n) is 6.06.